The average Bonchev–Trinajstić information content (AvgIpc) is 3.49. The Hall–Kier alpha value is -4.36. The molecule has 6 rings (SSSR count). The molecule has 1 aliphatic rings. The lowest BCUT2D eigenvalue weighted by atomic mass is 9.95. The van der Waals surface area contributed by atoms with Gasteiger partial charge in [-0.25, -0.2) is 0 Å². The zero-order valence-corrected chi connectivity index (χ0v) is 20.8. The Morgan fingerprint density at radius 2 is 1.67 bits per heavy atom. The van der Waals surface area contributed by atoms with E-state index in [1.165, 1.54) is 60.9 Å². The number of nitrogens with zero attached hydrogens (tertiary/aromatic N) is 1. The van der Waals surface area contributed by atoms with Crippen molar-refractivity contribution < 1.29 is 0 Å². The quantitative estimate of drug-likeness (QED) is 0.229. The minimum Gasteiger partial charge on any atom is -0.313 e. The summed E-state index contributed by atoms with van der Waals surface area (Å²) >= 11 is 0. The molecule has 174 valence electrons. The van der Waals surface area contributed by atoms with E-state index < -0.39 is 0 Å². The number of rotatable bonds is 5. The van der Waals surface area contributed by atoms with E-state index in [4.69, 9.17) is 0 Å². The molecule has 0 N–H and O–H groups in total. The first kappa shape index (κ1) is 22.1. The number of aromatic nitrogens is 1. The highest BCUT2D eigenvalue weighted by Gasteiger charge is 2.20. The Kier molecular flexibility index (Phi) is 5.54. The molecule has 1 heterocycles. The number of hydrogen-bond acceptors (Lipinski definition) is 0. The molecule has 0 amide bonds. The third kappa shape index (κ3) is 3.74. The van der Waals surface area contributed by atoms with Crippen LogP contribution in [0.2, 0.25) is 0 Å². The molecule has 1 aliphatic carbocycles. The van der Waals surface area contributed by atoms with Gasteiger partial charge < -0.3 is 4.57 Å². The fourth-order valence-electron chi connectivity index (χ4n) is 5.35. The van der Waals surface area contributed by atoms with Crippen LogP contribution >= 0.6 is 0 Å². The highest BCUT2D eigenvalue weighted by Crippen LogP contribution is 2.38. The highest BCUT2D eigenvalue weighted by molar-refractivity contribution is 5.97. The largest absolute Gasteiger partial charge is 0.313 e. The fraction of sp³-hybridized carbons (Fsp3) is 0.0857. The van der Waals surface area contributed by atoms with Gasteiger partial charge in [-0.05, 0) is 82.8 Å². The summed E-state index contributed by atoms with van der Waals surface area (Å²) in [5.74, 6) is 0. The lowest BCUT2D eigenvalue weighted by Crippen LogP contribution is -1.98. The van der Waals surface area contributed by atoms with E-state index in [9.17, 15) is 0 Å². The molecular formula is C35H29N. The summed E-state index contributed by atoms with van der Waals surface area (Å²) in [4.78, 5) is 0. The summed E-state index contributed by atoms with van der Waals surface area (Å²) in [5.41, 5.74) is 11.1. The molecule has 5 aromatic rings. The van der Waals surface area contributed by atoms with Crippen molar-refractivity contribution in [3.63, 3.8) is 0 Å². The Morgan fingerprint density at radius 3 is 2.53 bits per heavy atom. The first-order valence-corrected chi connectivity index (χ1v) is 12.6. The maximum Gasteiger partial charge on any atom is 0.0538 e. The van der Waals surface area contributed by atoms with Crippen LogP contribution in [0, 0.1) is 6.92 Å². The van der Waals surface area contributed by atoms with Crippen molar-refractivity contribution in [2.45, 2.75) is 20.3 Å². The number of benzene rings is 4. The first-order chi connectivity index (χ1) is 17.6. The molecule has 0 aliphatic heterocycles. The number of fused-ring (bicyclic) bond motifs is 4. The van der Waals surface area contributed by atoms with Crippen LogP contribution in [0.25, 0.3) is 50.1 Å². The zero-order valence-electron chi connectivity index (χ0n) is 20.8. The Balaban J connectivity index is 1.47. The number of aryl methyl sites for hydroxylation is 1. The molecule has 0 saturated carbocycles. The maximum absolute atomic E-state index is 4.31. The zero-order chi connectivity index (χ0) is 24.6. The van der Waals surface area contributed by atoms with Gasteiger partial charge in [0.1, 0.15) is 0 Å². The van der Waals surface area contributed by atoms with Gasteiger partial charge >= 0.3 is 0 Å². The number of hydrogen-bond donors (Lipinski definition) is 0. The Labute approximate surface area is 213 Å². The second-order valence-electron chi connectivity index (χ2n) is 9.51. The van der Waals surface area contributed by atoms with Crippen LogP contribution in [0.1, 0.15) is 29.3 Å². The van der Waals surface area contributed by atoms with E-state index in [-0.39, 0.29) is 0 Å². The van der Waals surface area contributed by atoms with Gasteiger partial charge in [-0.2, -0.15) is 0 Å². The van der Waals surface area contributed by atoms with E-state index in [0.717, 1.165) is 12.0 Å². The minimum atomic E-state index is 0.958. The van der Waals surface area contributed by atoms with Crippen molar-refractivity contribution in [3.05, 3.63) is 138 Å². The highest BCUT2D eigenvalue weighted by atomic mass is 15.0. The SMILES string of the molecule is C=C(/C=C\C=C/C)c1cc(-c2ccc3c(c2)c2c(n3-c3ccc4ccccc4c3)CC=C2)ccc1C. The summed E-state index contributed by atoms with van der Waals surface area (Å²) in [5, 5.41) is 3.84. The van der Waals surface area contributed by atoms with Crippen LogP contribution in [0.15, 0.2) is 116 Å². The molecule has 0 atom stereocenters. The molecule has 0 bridgehead atoms. The first-order valence-electron chi connectivity index (χ1n) is 12.6. The molecule has 0 radical (unpaired) electrons. The Bertz CT molecular complexity index is 1740. The maximum atomic E-state index is 4.31. The molecule has 0 fully saturated rings. The van der Waals surface area contributed by atoms with Gasteiger partial charge in [0.25, 0.3) is 0 Å². The predicted octanol–water partition coefficient (Wildman–Crippen LogP) is 9.47. The Morgan fingerprint density at radius 1 is 0.861 bits per heavy atom. The van der Waals surface area contributed by atoms with Crippen LogP contribution < -0.4 is 0 Å². The number of allylic oxidation sites excluding steroid dienone is 6. The molecule has 1 heteroatoms. The summed E-state index contributed by atoms with van der Waals surface area (Å²) < 4.78 is 2.44. The van der Waals surface area contributed by atoms with Crippen LogP contribution in [0.5, 0.6) is 0 Å². The van der Waals surface area contributed by atoms with Crippen molar-refractivity contribution in [1.82, 2.24) is 4.57 Å². The summed E-state index contributed by atoms with van der Waals surface area (Å²) in [6.45, 7) is 8.49. The summed E-state index contributed by atoms with van der Waals surface area (Å²) in [6, 6.07) is 28.9. The van der Waals surface area contributed by atoms with Crippen molar-refractivity contribution >= 4 is 33.3 Å². The molecule has 4 aromatic carbocycles. The van der Waals surface area contributed by atoms with Crippen molar-refractivity contribution in [1.29, 1.82) is 0 Å². The fourth-order valence-corrected chi connectivity index (χ4v) is 5.35. The van der Waals surface area contributed by atoms with E-state index in [1.807, 2.05) is 25.2 Å². The molecule has 0 saturated heterocycles. The lowest BCUT2D eigenvalue weighted by molar-refractivity contribution is 1.02. The van der Waals surface area contributed by atoms with Gasteiger partial charge in [-0.1, -0.05) is 91.6 Å². The monoisotopic (exact) mass is 463 g/mol. The molecule has 1 nitrogen and oxygen atoms in total. The van der Waals surface area contributed by atoms with Crippen LogP contribution in [-0.2, 0) is 6.42 Å². The van der Waals surface area contributed by atoms with Crippen molar-refractivity contribution in [2.75, 3.05) is 0 Å². The normalized spacial score (nSPS) is 12.9. The minimum absolute atomic E-state index is 0.958. The van der Waals surface area contributed by atoms with Gasteiger partial charge in [0.2, 0.25) is 0 Å². The smallest absolute Gasteiger partial charge is 0.0538 e. The topological polar surface area (TPSA) is 4.93 Å². The summed E-state index contributed by atoms with van der Waals surface area (Å²) in [6.07, 6.45) is 13.7. The molecular weight excluding hydrogens is 434 g/mol. The van der Waals surface area contributed by atoms with E-state index in [0.29, 0.717) is 0 Å². The van der Waals surface area contributed by atoms with Gasteiger partial charge in [-0.15, -0.1) is 0 Å². The van der Waals surface area contributed by atoms with E-state index in [1.54, 1.807) is 0 Å². The van der Waals surface area contributed by atoms with Crippen LogP contribution in [-0.4, -0.2) is 4.57 Å². The van der Waals surface area contributed by atoms with Gasteiger partial charge in [0.15, 0.2) is 0 Å². The van der Waals surface area contributed by atoms with Gasteiger partial charge in [0, 0.05) is 28.8 Å². The van der Waals surface area contributed by atoms with Crippen LogP contribution in [0.3, 0.4) is 0 Å². The van der Waals surface area contributed by atoms with Crippen molar-refractivity contribution in [3.8, 4) is 16.8 Å². The second-order valence-corrected chi connectivity index (χ2v) is 9.51. The third-order valence-electron chi connectivity index (χ3n) is 7.21. The van der Waals surface area contributed by atoms with E-state index >= 15 is 0 Å². The third-order valence-corrected chi connectivity index (χ3v) is 7.21. The molecule has 0 spiro atoms. The second kappa shape index (κ2) is 9.02. The molecule has 36 heavy (non-hydrogen) atoms. The molecule has 1 aromatic heterocycles. The van der Waals surface area contributed by atoms with Crippen LogP contribution in [0.4, 0.5) is 0 Å². The molecule has 0 unspecified atom stereocenters. The predicted molar refractivity (Wildman–Crippen MR) is 157 cm³/mol. The van der Waals surface area contributed by atoms with Crippen molar-refractivity contribution in [2.24, 2.45) is 0 Å². The summed E-state index contributed by atoms with van der Waals surface area (Å²) in [7, 11) is 0. The van der Waals surface area contributed by atoms with Gasteiger partial charge in [-0.3, -0.25) is 0 Å². The standard InChI is InChI=1S/C35H29N/c1-4-5-6-10-24(2)32-22-28(16-15-25(32)3)29-18-20-35-33(23-29)31-13-9-14-34(31)36(35)30-19-17-26-11-7-8-12-27(26)21-30/h4-13,15-23H,2,14H2,1,3H3/b5-4-,10-6-. The van der Waals surface area contributed by atoms with E-state index in [2.05, 4.69) is 115 Å². The lowest BCUT2D eigenvalue weighted by Gasteiger charge is -2.12. The average molecular weight is 464 g/mol. The van der Waals surface area contributed by atoms with Gasteiger partial charge in [0.05, 0.1) is 5.52 Å².